The van der Waals surface area contributed by atoms with E-state index in [1.54, 1.807) is 25.7 Å². The predicted octanol–water partition coefficient (Wildman–Crippen LogP) is 2.51. The first-order valence-corrected chi connectivity index (χ1v) is 14.5. The first-order chi connectivity index (χ1) is 18.2. The maximum absolute atomic E-state index is 13.4. The standard InChI is InChI=1S/C28H48N4O7/c1-17(2)21(30-26(38)39-27(3,4)5)23(34)29-19-13-10-8-6-7-9-12-18-16-28(18,25(36)37)31-22(33)20-14-11-15-32(20)24(19)35/h17-21,24,35H,6-16H2,1-5H3,(H,29,34)(H,30,38)(H,31,33)(H,36,37)/t18-,19+,20+,21-,24?,28-/m1/s1. The van der Waals surface area contributed by atoms with Crippen LogP contribution in [0.1, 0.15) is 98.8 Å². The van der Waals surface area contributed by atoms with Gasteiger partial charge in [0.05, 0.1) is 12.1 Å². The highest BCUT2D eigenvalue weighted by Gasteiger charge is 2.61. The van der Waals surface area contributed by atoms with Crippen LogP contribution in [0.25, 0.3) is 0 Å². The molecule has 3 amide bonds. The molecule has 2 aliphatic heterocycles. The van der Waals surface area contributed by atoms with Crippen LogP contribution in [-0.2, 0) is 19.1 Å². The third kappa shape index (κ3) is 8.06. The summed E-state index contributed by atoms with van der Waals surface area (Å²) < 4.78 is 5.34. The highest BCUT2D eigenvalue weighted by atomic mass is 16.6. The number of alkyl carbamates (subject to hydrolysis) is 1. The van der Waals surface area contributed by atoms with Gasteiger partial charge in [0.1, 0.15) is 23.4 Å². The minimum atomic E-state index is -1.22. The lowest BCUT2D eigenvalue weighted by Crippen LogP contribution is -2.60. The number of hydrogen-bond donors (Lipinski definition) is 5. The van der Waals surface area contributed by atoms with Gasteiger partial charge in [0.2, 0.25) is 11.8 Å². The quantitative estimate of drug-likeness (QED) is 0.348. The van der Waals surface area contributed by atoms with Gasteiger partial charge in [-0.3, -0.25) is 14.5 Å². The summed E-state index contributed by atoms with van der Waals surface area (Å²) in [6, 6.07) is -2.22. The number of hydrogen-bond acceptors (Lipinski definition) is 7. The van der Waals surface area contributed by atoms with Crippen molar-refractivity contribution >= 4 is 23.9 Å². The van der Waals surface area contributed by atoms with Gasteiger partial charge >= 0.3 is 12.1 Å². The van der Waals surface area contributed by atoms with Crippen molar-refractivity contribution in [2.24, 2.45) is 11.8 Å². The lowest BCUT2D eigenvalue weighted by atomic mass is 10.00. The van der Waals surface area contributed by atoms with E-state index < -0.39 is 53.5 Å². The number of amides is 3. The zero-order chi connectivity index (χ0) is 29.0. The Hall–Kier alpha value is -2.40. The van der Waals surface area contributed by atoms with Gasteiger partial charge in [-0.2, -0.15) is 0 Å². The van der Waals surface area contributed by atoms with Crippen LogP contribution in [0.4, 0.5) is 4.79 Å². The summed E-state index contributed by atoms with van der Waals surface area (Å²) in [6.07, 6.45) is 5.58. The van der Waals surface area contributed by atoms with Gasteiger partial charge in [-0.1, -0.05) is 46.0 Å². The topological polar surface area (TPSA) is 157 Å². The van der Waals surface area contributed by atoms with E-state index in [0.717, 1.165) is 38.5 Å². The normalized spacial score (nSPS) is 31.5. The van der Waals surface area contributed by atoms with Crippen molar-refractivity contribution in [3.8, 4) is 0 Å². The number of carboxylic acid groups (broad SMARTS) is 1. The fourth-order valence-corrected chi connectivity index (χ4v) is 5.89. The molecule has 0 aromatic carbocycles. The number of fused-ring (bicyclic) bond motifs is 2. The van der Waals surface area contributed by atoms with Crippen LogP contribution in [-0.4, -0.2) is 81.0 Å². The molecule has 0 spiro atoms. The molecule has 1 unspecified atom stereocenters. The van der Waals surface area contributed by atoms with E-state index in [0.29, 0.717) is 32.2 Å². The Morgan fingerprint density at radius 3 is 2.31 bits per heavy atom. The molecule has 0 aromatic heterocycles. The Kier molecular flexibility index (Phi) is 10.3. The van der Waals surface area contributed by atoms with E-state index in [-0.39, 0.29) is 17.7 Å². The maximum atomic E-state index is 13.4. The molecular weight excluding hydrogens is 504 g/mol. The Bertz CT molecular complexity index is 905. The summed E-state index contributed by atoms with van der Waals surface area (Å²) in [4.78, 5) is 52.9. The van der Waals surface area contributed by atoms with Gasteiger partial charge < -0.3 is 30.9 Å². The van der Waals surface area contributed by atoms with E-state index >= 15 is 0 Å². The summed E-state index contributed by atoms with van der Waals surface area (Å²) in [5.74, 6) is -2.12. The molecule has 3 aliphatic rings. The monoisotopic (exact) mass is 552 g/mol. The lowest BCUT2D eigenvalue weighted by Gasteiger charge is -2.36. The second-order valence-electron chi connectivity index (χ2n) is 12.8. The third-order valence-electron chi connectivity index (χ3n) is 8.15. The molecule has 0 aromatic rings. The fraction of sp³-hybridized carbons (Fsp3) is 0.857. The molecule has 222 valence electrons. The smallest absolute Gasteiger partial charge is 0.408 e. The Labute approximate surface area is 231 Å². The minimum absolute atomic E-state index is 0.0682. The molecule has 6 atom stereocenters. The molecule has 39 heavy (non-hydrogen) atoms. The molecule has 5 N–H and O–H groups in total. The first kappa shape index (κ1) is 31.1. The summed E-state index contributed by atoms with van der Waals surface area (Å²) in [5, 5.41) is 29.8. The second kappa shape index (κ2) is 12.8. The third-order valence-corrected chi connectivity index (χ3v) is 8.15. The van der Waals surface area contributed by atoms with Crippen LogP contribution in [0.15, 0.2) is 0 Å². The Balaban J connectivity index is 1.77. The van der Waals surface area contributed by atoms with Crippen molar-refractivity contribution in [3.05, 3.63) is 0 Å². The Morgan fingerprint density at radius 1 is 1.05 bits per heavy atom. The lowest BCUT2D eigenvalue weighted by molar-refractivity contribution is -0.145. The molecule has 1 aliphatic carbocycles. The molecule has 0 radical (unpaired) electrons. The second-order valence-corrected chi connectivity index (χ2v) is 12.8. The molecule has 11 nitrogen and oxygen atoms in total. The van der Waals surface area contributed by atoms with Crippen LogP contribution in [0.3, 0.4) is 0 Å². The predicted molar refractivity (Wildman–Crippen MR) is 145 cm³/mol. The van der Waals surface area contributed by atoms with Gasteiger partial charge in [0.25, 0.3) is 0 Å². The molecule has 11 heteroatoms. The zero-order valence-electron chi connectivity index (χ0n) is 24.1. The number of carbonyl (C=O) groups is 4. The van der Waals surface area contributed by atoms with E-state index in [9.17, 15) is 29.4 Å². The summed E-state index contributed by atoms with van der Waals surface area (Å²) >= 11 is 0. The zero-order valence-corrected chi connectivity index (χ0v) is 24.1. The van der Waals surface area contributed by atoms with Gasteiger partial charge in [0.15, 0.2) is 0 Å². The molecule has 3 rings (SSSR count). The van der Waals surface area contributed by atoms with Crippen molar-refractivity contribution in [1.29, 1.82) is 0 Å². The number of carbonyl (C=O) groups excluding carboxylic acids is 3. The molecule has 1 saturated carbocycles. The number of carboxylic acids is 1. The minimum Gasteiger partial charge on any atom is -0.479 e. The number of aliphatic carboxylic acids is 1. The van der Waals surface area contributed by atoms with Gasteiger partial charge in [0, 0.05) is 6.54 Å². The van der Waals surface area contributed by atoms with Crippen molar-refractivity contribution in [2.75, 3.05) is 6.54 Å². The molecule has 3 fully saturated rings. The average molecular weight is 553 g/mol. The van der Waals surface area contributed by atoms with Crippen molar-refractivity contribution < 1.29 is 34.1 Å². The maximum Gasteiger partial charge on any atom is 0.408 e. The van der Waals surface area contributed by atoms with Crippen LogP contribution < -0.4 is 16.0 Å². The van der Waals surface area contributed by atoms with Gasteiger partial charge in [-0.15, -0.1) is 0 Å². The number of nitrogens with one attached hydrogen (secondary N) is 3. The first-order valence-electron chi connectivity index (χ1n) is 14.5. The van der Waals surface area contributed by atoms with Crippen molar-refractivity contribution in [1.82, 2.24) is 20.9 Å². The molecule has 2 saturated heterocycles. The van der Waals surface area contributed by atoms with Crippen molar-refractivity contribution in [2.45, 2.75) is 134 Å². The van der Waals surface area contributed by atoms with Crippen LogP contribution in [0.5, 0.6) is 0 Å². The average Bonchev–Trinajstić information content (AvgIpc) is 3.29. The molecule has 2 heterocycles. The number of aliphatic hydroxyl groups excluding tert-OH is 1. The summed E-state index contributed by atoms with van der Waals surface area (Å²) in [6.45, 7) is 9.33. The summed E-state index contributed by atoms with van der Waals surface area (Å²) in [7, 11) is 0. The van der Waals surface area contributed by atoms with E-state index in [2.05, 4.69) is 16.0 Å². The Morgan fingerprint density at radius 2 is 1.69 bits per heavy atom. The number of aliphatic hydroxyl groups is 1. The van der Waals surface area contributed by atoms with Gasteiger partial charge in [-0.05, 0) is 64.7 Å². The van der Waals surface area contributed by atoms with E-state index in [4.69, 9.17) is 4.74 Å². The van der Waals surface area contributed by atoms with Crippen LogP contribution in [0.2, 0.25) is 0 Å². The highest BCUT2D eigenvalue weighted by Crippen LogP contribution is 2.47. The number of nitrogens with zero attached hydrogens (tertiary/aromatic N) is 1. The van der Waals surface area contributed by atoms with Crippen LogP contribution in [0, 0.1) is 11.8 Å². The largest absolute Gasteiger partial charge is 0.479 e. The van der Waals surface area contributed by atoms with Crippen molar-refractivity contribution in [3.63, 3.8) is 0 Å². The molecular formula is C28H48N4O7. The van der Waals surface area contributed by atoms with Gasteiger partial charge in [-0.25, -0.2) is 9.59 Å². The summed E-state index contributed by atoms with van der Waals surface area (Å²) in [5.41, 5.74) is -1.94. The highest BCUT2D eigenvalue weighted by molar-refractivity contribution is 5.92. The number of rotatable bonds is 5. The van der Waals surface area contributed by atoms with Crippen LogP contribution >= 0.6 is 0 Å². The fourth-order valence-electron chi connectivity index (χ4n) is 5.89. The molecule has 0 bridgehead atoms. The number of ether oxygens (including phenoxy) is 1. The van der Waals surface area contributed by atoms with E-state index in [1.807, 2.05) is 13.8 Å². The SMILES string of the molecule is CC(C)[C@@H](NC(=O)OC(C)(C)C)C(=O)N[C@H]1CCCCCCC[C@@H]2C[C@@]2(C(=O)O)NC(=O)[C@@H]2CCCN2C1O. The van der Waals surface area contributed by atoms with E-state index in [1.165, 1.54) is 0 Å².